The lowest BCUT2D eigenvalue weighted by Crippen LogP contribution is -2.67. The molecule has 0 saturated carbocycles. The van der Waals surface area contributed by atoms with Crippen LogP contribution in [0.15, 0.2) is 17.0 Å². The average Bonchev–Trinajstić information content (AvgIpc) is 2.01. The maximum Gasteiger partial charge on any atom is 0.282 e. The molecule has 0 aromatic heterocycles. The Bertz CT molecular complexity index is 429. The van der Waals surface area contributed by atoms with Crippen LogP contribution in [0, 0.1) is 20.8 Å². The van der Waals surface area contributed by atoms with Crippen LogP contribution in [-0.2, 0) is 10.0 Å². The van der Waals surface area contributed by atoms with Crippen molar-refractivity contribution < 1.29 is 14.3 Å². The largest absolute Gasteiger partial charge is 0.282 e. The molecule has 0 amide bonds. The molecule has 0 saturated heterocycles. The van der Waals surface area contributed by atoms with Crippen molar-refractivity contribution in [2.24, 2.45) is 0 Å². The van der Waals surface area contributed by atoms with E-state index in [0.29, 0.717) is 4.90 Å². The second-order valence-electron chi connectivity index (χ2n) is 3.38. The Morgan fingerprint density at radius 2 is 1.57 bits per heavy atom. The Kier molecular flexibility index (Phi) is 2.94. The molecule has 0 bridgehead atoms. The number of benzene rings is 1. The van der Waals surface area contributed by atoms with Crippen LogP contribution >= 0.6 is 0 Å². The molecular formula is C9H15N2O2S+. The molecule has 1 aromatic carbocycles. The molecule has 14 heavy (non-hydrogen) atoms. The summed E-state index contributed by atoms with van der Waals surface area (Å²) in [6.45, 7) is 5.50. The van der Waals surface area contributed by atoms with Crippen LogP contribution in [0.4, 0.5) is 0 Å². The maximum atomic E-state index is 11.6. The van der Waals surface area contributed by atoms with E-state index < -0.39 is 10.0 Å². The maximum absolute atomic E-state index is 11.6. The van der Waals surface area contributed by atoms with Crippen LogP contribution < -0.4 is 10.7 Å². The second-order valence-corrected chi connectivity index (χ2v) is 5.08. The molecule has 0 spiro atoms. The Morgan fingerprint density at radius 1 is 1.14 bits per heavy atom. The van der Waals surface area contributed by atoms with Gasteiger partial charge in [-0.2, -0.15) is 0 Å². The lowest BCUT2D eigenvalue weighted by Gasteiger charge is -2.09. The zero-order chi connectivity index (χ0) is 10.9. The topological polar surface area (TPSA) is 73.8 Å². The van der Waals surface area contributed by atoms with E-state index in [9.17, 15) is 8.42 Å². The summed E-state index contributed by atoms with van der Waals surface area (Å²) in [5, 5.41) is 0. The predicted octanol–water partition coefficient (Wildman–Crippen LogP) is 0.0471. The molecule has 0 atom stereocenters. The van der Waals surface area contributed by atoms with E-state index in [2.05, 4.69) is 10.7 Å². The number of rotatable bonds is 2. The van der Waals surface area contributed by atoms with E-state index in [-0.39, 0.29) is 0 Å². The molecule has 0 fully saturated rings. The monoisotopic (exact) mass is 215 g/mol. The van der Waals surface area contributed by atoms with Crippen molar-refractivity contribution in [3.63, 3.8) is 0 Å². The van der Waals surface area contributed by atoms with Gasteiger partial charge in [-0.05, 0) is 31.9 Å². The van der Waals surface area contributed by atoms with Gasteiger partial charge in [-0.3, -0.25) is 5.84 Å². The van der Waals surface area contributed by atoms with E-state index in [0.717, 1.165) is 16.7 Å². The van der Waals surface area contributed by atoms with Gasteiger partial charge in [-0.25, -0.2) is 8.42 Å². The molecule has 0 aliphatic heterocycles. The third kappa shape index (κ3) is 1.95. The van der Waals surface area contributed by atoms with Gasteiger partial charge in [0, 0.05) is 0 Å². The lowest BCUT2D eigenvalue weighted by atomic mass is 10.1. The smallest absolute Gasteiger partial charge is 0.266 e. The van der Waals surface area contributed by atoms with Crippen LogP contribution in [-0.4, -0.2) is 8.42 Å². The summed E-state index contributed by atoms with van der Waals surface area (Å²) in [5.41, 5.74) is 2.56. The summed E-state index contributed by atoms with van der Waals surface area (Å²) in [7, 11) is -3.44. The van der Waals surface area contributed by atoms with E-state index in [1.54, 1.807) is 13.8 Å². The zero-order valence-corrected chi connectivity index (χ0v) is 9.40. The number of hydrogen-bond donors (Lipinski definition) is 2. The number of hydrogen-bond acceptors (Lipinski definition) is 2. The fraction of sp³-hybridized carbons (Fsp3) is 0.333. The first kappa shape index (κ1) is 11.2. The lowest BCUT2D eigenvalue weighted by molar-refractivity contribution is -0.411. The second kappa shape index (κ2) is 3.68. The number of sulfonamides is 1. The third-order valence-electron chi connectivity index (χ3n) is 2.06. The van der Waals surface area contributed by atoms with Gasteiger partial charge in [-0.1, -0.05) is 22.5 Å². The molecule has 1 rings (SSSR count). The number of nitrogens with one attached hydrogen (secondary N) is 1. The molecule has 0 aliphatic carbocycles. The standard InChI is InChI=1S/C9H14N2O2S/c1-6-4-7(2)9(8(3)5-6)14(12,13)11-10/h4-5,11H,10H2,1-3H3/p+1. The molecule has 0 unspecified atom stereocenters. The van der Waals surface area contributed by atoms with Gasteiger partial charge >= 0.3 is 0 Å². The van der Waals surface area contributed by atoms with Crippen molar-refractivity contribution in [2.45, 2.75) is 25.7 Å². The fourth-order valence-electron chi connectivity index (χ4n) is 1.66. The molecule has 1 aromatic rings. The number of aryl methyl sites for hydroxylation is 3. The van der Waals surface area contributed by atoms with Crippen molar-refractivity contribution >= 4 is 10.0 Å². The van der Waals surface area contributed by atoms with Crippen LogP contribution in [0.25, 0.3) is 0 Å². The van der Waals surface area contributed by atoms with E-state index >= 15 is 0 Å². The third-order valence-corrected chi connectivity index (χ3v) is 3.62. The van der Waals surface area contributed by atoms with Gasteiger partial charge in [-0.15, -0.1) is 0 Å². The highest BCUT2D eigenvalue weighted by Crippen LogP contribution is 2.20. The Labute approximate surface area is 84.1 Å². The van der Waals surface area contributed by atoms with Gasteiger partial charge in [0.1, 0.15) is 0 Å². The zero-order valence-electron chi connectivity index (χ0n) is 8.59. The highest BCUT2D eigenvalue weighted by atomic mass is 32.2. The van der Waals surface area contributed by atoms with E-state index in [4.69, 9.17) is 0 Å². The van der Waals surface area contributed by atoms with Crippen LogP contribution in [0.5, 0.6) is 0 Å². The average molecular weight is 215 g/mol. The molecule has 4 N–H and O–H groups in total. The summed E-state index contributed by atoms with van der Waals surface area (Å²) < 4.78 is 23.2. The highest BCUT2D eigenvalue weighted by molar-refractivity contribution is 7.89. The highest BCUT2D eigenvalue weighted by Gasteiger charge is 2.19. The Balaban J connectivity index is 3.51. The molecule has 0 heterocycles. The first-order valence-electron chi connectivity index (χ1n) is 4.25. The van der Waals surface area contributed by atoms with Gasteiger partial charge in [0.15, 0.2) is 0 Å². The SMILES string of the molecule is Cc1cc(C)c(S(=O)(=O)N[NH3+])c(C)c1. The fourth-order valence-corrected chi connectivity index (χ4v) is 2.77. The molecule has 78 valence electrons. The minimum Gasteiger partial charge on any atom is -0.266 e. The molecule has 0 radical (unpaired) electrons. The predicted molar refractivity (Wildman–Crippen MR) is 53.9 cm³/mol. The van der Waals surface area contributed by atoms with Crippen LogP contribution in [0.1, 0.15) is 16.7 Å². The van der Waals surface area contributed by atoms with Crippen molar-refractivity contribution in [1.82, 2.24) is 4.83 Å². The van der Waals surface area contributed by atoms with Gasteiger partial charge in [0.2, 0.25) is 0 Å². The van der Waals surface area contributed by atoms with Crippen molar-refractivity contribution in [1.29, 1.82) is 0 Å². The minimum absolute atomic E-state index is 0.332. The summed E-state index contributed by atoms with van der Waals surface area (Å²) in [6, 6.07) is 3.69. The normalized spacial score (nSPS) is 11.7. The van der Waals surface area contributed by atoms with E-state index in [1.807, 2.05) is 19.1 Å². The summed E-state index contributed by atoms with van der Waals surface area (Å²) in [4.78, 5) is 2.41. The Morgan fingerprint density at radius 3 is 1.93 bits per heavy atom. The molecule has 5 heteroatoms. The summed E-state index contributed by atoms with van der Waals surface area (Å²) in [6.07, 6.45) is 0. The first-order valence-corrected chi connectivity index (χ1v) is 5.73. The molecule has 4 nitrogen and oxygen atoms in total. The molecule has 0 aliphatic rings. The van der Waals surface area contributed by atoms with Crippen LogP contribution in [0.2, 0.25) is 0 Å². The quantitative estimate of drug-likeness (QED) is 0.684. The molecular weight excluding hydrogens is 200 g/mol. The number of quaternary nitrogens is 1. The van der Waals surface area contributed by atoms with Gasteiger partial charge in [0.25, 0.3) is 10.0 Å². The Hall–Kier alpha value is -0.910. The van der Waals surface area contributed by atoms with Gasteiger partial charge in [0.05, 0.1) is 4.90 Å². The summed E-state index contributed by atoms with van der Waals surface area (Å²) in [5.74, 6) is 3.20. The summed E-state index contributed by atoms with van der Waals surface area (Å²) >= 11 is 0. The van der Waals surface area contributed by atoms with E-state index in [1.165, 1.54) is 0 Å². The first-order chi connectivity index (χ1) is 6.38. The van der Waals surface area contributed by atoms with Crippen molar-refractivity contribution in [3.8, 4) is 0 Å². The minimum atomic E-state index is -3.44. The van der Waals surface area contributed by atoms with Crippen molar-refractivity contribution in [3.05, 3.63) is 28.8 Å². The van der Waals surface area contributed by atoms with Crippen LogP contribution in [0.3, 0.4) is 0 Å². The van der Waals surface area contributed by atoms with Crippen molar-refractivity contribution in [2.75, 3.05) is 0 Å². The van der Waals surface area contributed by atoms with Gasteiger partial charge < -0.3 is 0 Å².